The second kappa shape index (κ2) is 4.84. The van der Waals surface area contributed by atoms with Crippen LogP contribution in [0.4, 0.5) is 6.01 Å². The molecule has 94 valence electrons. The summed E-state index contributed by atoms with van der Waals surface area (Å²) in [6.45, 7) is 2.16. The van der Waals surface area contributed by atoms with Crippen LogP contribution in [0.5, 0.6) is 0 Å². The van der Waals surface area contributed by atoms with Gasteiger partial charge in [0.1, 0.15) is 0 Å². The van der Waals surface area contributed by atoms with E-state index in [-0.39, 0.29) is 0 Å². The molecule has 2 fully saturated rings. The van der Waals surface area contributed by atoms with Crippen molar-refractivity contribution in [2.24, 2.45) is 11.8 Å². The van der Waals surface area contributed by atoms with Gasteiger partial charge in [0.15, 0.2) is 0 Å². The Hall–Kier alpha value is -0.770. The van der Waals surface area contributed by atoms with Crippen molar-refractivity contribution in [3.8, 4) is 0 Å². The molecular weight excluding hydrogens is 238 g/mol. The predicted octanol–water partition coefficient (Wildman–Crippen LogP) is 2.48. The molecule has 0 radical (unpaired) electrons. The monoisotopic (exact) mass is 255 g/mol. The summed E-state index contributed by atoms with van der Waals surface area (Å²) >= 11 is 5.67. The normalized spacial score (nSPS) is 19.6. The van der Waals surface area contributed by atoms with E-state index in [0.717, 1.165) is 24.9 Å². The highest BCUT2D eigenvalue weighted by molar-refractivity contribution is 6.17. The molecule has 0 atom stereocenters. The van der Waals surface area contributed by atoms with E-state index in [0.29, 0.717) is 24.2 Å². The number of aromatic nitrogens is 2. The minimum absolute atomic E-state index is 0.535. The Morgan fingerprint density at radius 3 is 2.29 bits per heavy atom. The standard InChI is InChI=1S/C12H18ClN3O/c13-6-5-11-14-15-12(17-11)16(7-9-1-2-9)8-10-3-4-10/h9-10H,1-8H2. The Morgan fingerprint density at radius 2 is 1.76 bits per heavy atom. The van der Waals surface area contributed by atoms with Crippen LogP contribution in [0.1, 0.15) is 31.6 Å². The third kappa shape index (κ3) is 3.12. The summed E-state index contributed by atoms with van der Waals surface area (Å²) in [5.41, 5.74) is 0. The molecule has 3 rings (SSSR count). The molecule has 2 aliphatic carbocycles. The van der Waals surface area contributed by atoms with Gasteiger partial charge in [0.25, 0.3) is 0 Å². The lowest BCUT2D eigenvalue weighted by Crippen LogP contribution is -2.28. The second-order valence-corrected chi connectivity index (χ2v) is 5.59. The minimum Gasteiger partial charge on any atom is -0.408 e. The number of aryl methyl sites for hydroxylation is 1. The van der Waals surface area contributed by atoms with Gasteiger partial charge >= 0.3 is 6.01 Å². The Morgan fingerprint density at radius 1 is 1.12 bits per heavy atom. The van der Waals surface area contributed by atoms with Crippen LogP contribution in [-0.4, -0.2) is 29.2 Å². The van der Waals surface area contributed by atoms with Crippen LogP contribution in [-0.2, 0) is 6.42 Å². The van der Waals surface area contributed by atoms with Gasteiger partial charge in [0, 0.05) is 25.4 Å². The molecule has 0 aromatic carbocycles. The third-order valence-corrected chi connectivity index (χ3v) is 3.58. The molecule has 0 bridgehead atoms. The number of anilines is 1. The van der Waals surface area contributed by atoms with Crippen molar-refractivity contribution in [1.29, 1.82) is 0 Å². The van der Waals surface area contributed by atoms with E-state index in [4.69, 9.17) is 16.0 Å². The SMILES string of the molecule is ClCCc1nnc(N(CC2CC2)CC2CC2)o1. The molecule has 0 unspecified atom stereocenters. The summed E-state index contributed by atoms with van der Waals surface area (Å²) in [4.78, 5) is 2.28. The highest BCUT2D eigenvalue weighted by Gasteiger charge is 2.31. The zero-order chi connectivity index (χ0) is 11.7. The number of halogens is 1. The van der Waals surface area contributed by atoms with Crippen LogP contribution in [0.15, 0.2) is 4.42 Å². The maximum atomic E-state index is 5.67. The lowest BCUT2D eigenvalue weighted by molar-refractivity contribution is 0.479. The number of nitrogens with zero attached hydrogens (tertiary/aromatic N) is 3. The van der Waals surface area contributed by atoms with Crippen LogP contribution < -0.4 is 4.90 Å². The van der Waals surface area contributed by atoms with Crippen LogP contribution in [0.2, 0.25) is 0 Å². The summed E-state index contributed by atoms with van der Waals surface area (Å²) in [5.74, 6) is 2.88. The maximum Gasteiger partial charge on any atom is 0.318 e. The Balaban J connectivity index is 1.65. The van der Waals surface area contributed by atoms with Crippen LogP contribution in [0.3, 0.4) is 0 Å². The van der Waals surface area contributed by atoms with E-state index in [1.807, 2.05) is 0 Å². The number of alkyl halides is 1. The molecule has 0 spiro atoms. The van der Waals surface area contributed by atoms with Crippen molar-refractivity contribution in [3.63, 3.8) is 0 Å². The van der Waals surface area contributed by atoms with Crippen LogP contribution in [0, 0.1) is 11.8 Å². The Kier molecular flexibility index (Phi) is 3.23. The molecular formula is C12H18ClN3O. The largest absolute Gasteiger partial charge is 0.408 e. The van der Waals surface area contributed by atoms with Crippen molar-refractivity contribution in [2.45, 2.75) is 32.1 Å². The fourth-order valence-electron chi connectivity index (χ4n) is 2.01. The Labute approximate surface area is 106 Å². The summed E-state index contributed by atoms with van der Waals surface area (Å²) in [7, 11) is 0. The first-order chi connectivity index (χ1) is 8.35. The molecule has 1 aromatic heterocycles. The molecule has 0 amide bonds. The average molecular weight is 256 g/mol. The average Bonchev–Trinajstić information content (AvgIpc) is 3.23. The summed E-state index contributed by atoms with van der Waals surface area (Å²) in [5, 5.41) is 8.19. The topological polar surface area (TPSA) is 42.2 Å². The molecule has 0 aliphatic heterocycles. The van der Waals surface area contributed by atoms with E-state index in [2.05, 4.69) is 15.1 Å². The van der Waals surface area contributed by atoms with E-state index < -0.39 is 0 Å². The summed E-state index contributed by atoms with van der Waals surface area (Å²) in [6, 6.07) is 0.698. The molecule has 2 aliphatic rings. The molecule has 1 aromatic rings. The lowest BCUT2D eigenvalue weighted by atomic mass is 10.3. The van der Waals surface area contributed by atoms with Gasteiger partial charge in [-0.05, 0) is 37.5 Å². The first-order valence-corrected chi connectivity index (χ1v) is 7.02. The van der Waals surface area contributed by atoms with Gasteiger partial charge < -0.3 is 9.32 Å². The molecule has 0 saturated heterocycles. The van der Waals surface area contributed by atoms with Gasteiger partial charge in [0.05, 0.1) is 0 Å². The quantitative estimate of drug-likeness (QED) is 0.702. The van der Waals surface area contributed by atoms with E-state index in [9.17, 15) is 0 Å². The van der Waals surface area contributed by atoms with Crippen molar-refractivity contribution in [1.82, 2.24) is 10.2 Å². The van der Waals surface area contributed by atoms with E-state index in [1.54, 1.807) is 0 Å². The van der Waals surface area contributed by atoms with Gasteiger partial charge in [0.2, 0.25) is 5.89 Å². The number of hydrogen-bond acceptors (Lipinski definition) is 4. The fraction of sp³-hybridized carbons (Fsp3) is 0.833. The molecule has 2 saturated carbocycles. The van der Waals surface area contributed by atoms with Gasteiger partial charge in [-0.25, -0.2) is 0 Å². The van der Waals surface area contributed by atoms with E-state index in [1.165, 1.54) is 25.7 Å². The van der Waals surface area contributed by atoms with Crippen LogP contribution in [0.25, 0.3) is 0 Å². The smallest absolute Gasteiger partial charge is 0.318 e. The third-order valence-electron chi connectivity index (χ3n) is 3.39. The Bertz CT molecular complexity index is 360. The fourth-order valence-corrected chi connectivity index (χ4v) is 2.17. The van der Waals surface area contributed by atoms with E-state index >= 15 is 0 Å². The van der Waals surface area contributed by atoms with Gasteiger partial charge in [-0.15, -0.1) is 16.7 Å². The van der Waals surface area contributed by atoms with Crippen molar-refractivity contribution in [2.75, 3.05) is 23.9 Å². The predicted molar refractivity (Wildman–Crippen MR) is 66.4 cm³/mol. The highest BCUT2D eigenvalue weighted by atomic mass is 35.5. The molecule has 0 N–H and O–H groups in total. The molecule has 4 nitrogen and oxygen atoms in total. The zero-order valence-electron chi connectivity index (χ0n) is 9.94. The van der Waals surface area contributed by atoms with Crippen molar-refractivity contribution in [3.05, 3.63) is 5.89 Å². The number of hydrogen-bond donors (Lipinski definition) is 0. The second-order valence-electron chi connectivity index (χ2n) is 5.21. The highest BCUT2D eigenvalue weighted by Crippen LogP contribution is 2.35. The van der Waals surface area contributed by atoms with Crippen LogP contribution >= 0.6 is 11.6 Å². The first-order valence-electron chi connectivity index (χ1n) is 6.48. The molecule has 17 heavy (non-hydrogen) atoms. The van der Waals surface area contributed by atoms with Gasteiger partial charge in [-0.2, -0.15) is 0 Å². The zero-order valence-corrected chi connectivity index (χ0v) is 10.7. The molecule has 1 heterocycles. The van der Waals surface area contributed by atoms with Gasteiger partial charge in [-0.3, -0.25) is 0 Å². The van der Waals surface area contributed by atoms with Crippen molar-refractivity contribution >= 4 is 17.6 Å². The van der Waals surface area contributed by atoms with Crippen molar-refractivity contribution < 1.29 is 4.42 Å². The lowest BCUT2D eigenvalue weighted by Gasteiger charge is -2.19. The number of rotatable bonds is 7. The minimum atomic E-state index is 0.535. The summed E-state index contributed by atoms with van der Waals surface area (Å²) in [6.07, 6.45) is 6.07. The first kappa shape index (κ1) is 11.3. The van der Waals surface area contributed by atoms with Gasteiger partial charge in [-0.1, -0.05) is 5.10 Å². The molecule has 5 heteroatoms. The maximum absolute atomic E-state index is 5.67. The summed E-state index contributed by atoms with van der Waals surface area (Å²) < 4.78 is 5.66.